The van der Waals surface area contributed by atoms with Crippen molar-refractivity contribution >= 4 is 17.6 Å². The van der Waals surface area contributed by atoms with Gasteiger partial charge in [-0.3, -0.25) is 0 Å². The lowest BCUT2D eigenvalue weighted by atomic mass is 10.1. The maximum absolute atomic E-state index is 5.36. The van der Waals surface area contributed by atoms with Crippen LogP contribution in [-0.2, 0) is 6.54 Å². The number of hydrogen-bond acceptors (Lipinski definition) is 7. The van der Waals surface area contributed by atoms with Crippen LogP contribution >= 0.6 is 0 Å². The third kappa shape index (κ3) is 4.93. The monoisotopic (exact) mass is 393 g/mol. The van der Waals surface area contributed by atoms with Gasteiger partial charge in [0.1, 0.15) is 5.82 Å². The minimum atomic E-state index is 0.511. The summed E-state index contributed by atoms with van der Waals surface area (Å²) in [4.78, 5) is 13.4. The summed E-state index contributed by atoms with van der Waals surface area (Å²) in [6.45, 7) is 8.64. The van der Waals surface area contributed by atoms with Crippen molar-refractivity contribution < 1.29 is 9.47 Å². The van der Waals surface area contributed by atoms with E-state index in [2.05, 4.69) is 58.5 Å². The molecule has 29 heavy (non-hydrogen) atoms. The molecule has 0 radical (unpaired) electrons. The Morgan fingerprint density at radius 2 is 1.45 bits per heavy atom. The molecule has 0 aliphatic heterocycles. The molecule has 0 aliphatic carbocycles. The molecule has 0 spiro atoms. The Balaban J connectivity index is 1.78. The van der Waals surface area contributed by atoms with Crippen LogP contribution in [-0.4, -0.2) is 29.2 Å². The third-order valence-corrected chi connectivity index (χ3v) is 4.56. The van der Waals surface area contributed by atoms with E-state index in [4.69, 9.17) is 9.47 Å². The van der Waals surface area contributed by atoms with E-state index >= 15 is 0 Å². The highest BCUT2D eigenvalue weighted by Gasteiger charge is 2.10. The van der Waals surface area contributed by atoms with Crippen molar-refractivity contribution in [2.75, 3.05) is 24.9 Å². The Kier molecular flexibility index (Phi) is 6.16. The number of methoxy groups -OCH3 is 2. The molecule has 0 amide bonds. The van der Waals surface area contributed by atoms with Crippen molar-refractivity contribution in [1.29, 1.82) is 0 Å². The SMILES string of the molecule is COc1ccc(CNc2nc(C)nc(Nc3c(C)cc(C)cc3C)n2)cc1OC. The average molecular weight is 393 g/mol. The van der Waals surface area contributed by atoms with Gasteiger partial charge in [-0.1, -0.05) is 23.8 Å². The second kappa shape index (κ2) is 8.77. The quantitative estimate of drug-likeness (QED) is 0.612. The molecule has 0 unspecified atom stereocenters. The van der Waals surface area contributed by atoms with Gasteiger partial charge < -0.3 is 20.1 Å². The van der Waals surface area contributed by atoms with Gasteiger partial charge in [0, 0.05) is 12.2 Å². The second-order valence-electron chi connectivity index (χ2n) is 6.97. The number of anilines is 3. The van der Waals surface area contributed by atoms with Crippen LogP contribution in [0.3, 0.4) is 0 Å². The fraction of sp³-hybridized carbons (Fsp3) is 0.318. The fourth-order valence-corrected chi connectivity index (χ4v) is 3.28. The zero-order valence-electron chi connectivity index (χ0n) is 17.8. The second-order valence-corrected chi connectivity index (χ2v) is 6.97. The number of nitrogens with zero attached hydrogens (tertiary/aromatic N) is 3. The van der Waals surface area contributed by atoms with Crippen LogP contribution in [0.2, 0.25) is 0 Å². The summed E-state index contributed by atoms with van der Waals surface area (Å²) >= 11 is 0. The molecule has 0 saturated heterocycles. The first kappa shape index (κ1) is 20.4. The van der Waals surface area contributed by atoms with Crippen molar-refractivity contribution in [3.8, 4) is 11.5 Å². The standard InChI is InChI=1S/C22H27N5O2/c1-13-9-14(2)20(15(3)10-13)26-22-25-16(4)24-21(27-22)23-12-17-7-8-18(28-5)19(11-17)29-6/h7-11H,12H2,1-6H3,(H2,23,24,25,26,27). The topological polar surface area (TPSA) is 81.2 Å². The molecule has 0 atom stereocenters. The number of aromatic nitrogens is 3. The number of aryl methyl sites for hydroxylation is 4. The third-order valence-electron chi connectivity index (χ3n) is 4.56. The number of rotatable bonds is 7. The first-order valence-corrected chi connectivity index (χ1v) is 9.42. The summed E-state index contributed by atoms with van der Waals surface area (Å²) in [6.07, 6.45) is 0. The highest BCUT2D eigenvalue weighted by Crippen LogP contribution is 2.28. The molecular weight excluding hydrogens is 366 g/mol. The van der Waals surface area contributed by atoms with E-state index in [1.54, 1.807) is 14.2 Å². The van der Waals surface area contributed by atoms with Crippen molar-refractivity contribution in [2.45, 2.75) is 34.2 Å². The van der Waals surface area contributed by atoms with E-state index in [1.165, 1.54) is 5.56 Å². The minimum Gasteiger partial charge on any atom is -0.493 e. The maximum Gasteiger partial charge on any atom is 0.232 e. The molecular formula is C22H27N5O2. The molecule has 3 aromatic rings. The molecule has 0 saturated carbocycles. The normalized spacial score (nSPS) is 10.6. The number of hydrogen-bond donors (Lipinski definition) is 2. The van der Waals surface area contributed by atoms with E-state index in [0.29, 0.717) is 35.8 Å². The summed E-state index contributed by atoms with van der Waals surface area (Å²) in [5.74, 6) is 3.05. The van der Waals surface area contributed by atoms with Crippen LogP contribution in [0.5, 0.6) is 11.5 Å². The number of nitrogens with one attached hydrogen (secondary N) is 2. The van der Waals surface area contributed by atoms with Crippen LogP contribution in [0.25, 0.3) is 0 Å². The highest BCUT2D eigenvalue weighted by atomic mass is 16.5. The number of benzene rings is 2. The van der Waals surface area contributed by atoms with Crippen LogP contribution in [0.1, 0.15) is 28.1 Å². The van der Waals surface area contributed by atoms with Gasteiger partial charge >= 0.3 is 0 Å². The lowest BCUT2D eigenvalue weighted by molar-refractivity contribution is 0.354. The molecule has 0 aliphatic rings. The lowest BCUT2D eigenvalue weighted by Gasteiger charge is -2.14. The lowest BCUT2D eigenvalue weighted by Crippen LogP contribution is -2.09. The summed E-state index contributed by atoms with van der Waals surface area (Å²) in [5.41, 5.74) is 5.59. The Hall–Kier alpha value is -3.35. The smallest absolute Gasteiger partial charge is 0.232 e. The van der Waals surface area contributed by atoms with Gasteiger partial charge in [0.15, 0.2) is 11.5 Å². The molecule has 152 valence electrons. The van der Waals surface area contributed by atoms with Crippen molar-refractivity contribution in [3.63, 3.8) is 0 Å². The summed E-state index contributed by atoms with van der Waals surface area (Å²) < 4.78 is 10.6. The van der Waals surface area contributed by atoms with E-state index in [-0.39, 0.29) is 0 Å². The van der Waals surface area contributed by atoms with Gasteiger partial charge in [-0.25, -0.2) is 0 Å². The Morgan fingerprint density at radius 3 is 2.10 bits per heavy atom. The van der Waals surface area contributed by atoms with Crippen molar-refractivity contribution in [1.82, 2.24) is 15.0 Å². The predicted octanol–water partition coefficient (Wildman–Crippen LogP) is 4.48. The van der Waals surface area contributed by atoms with Gasteiger partial charge in [-0.2, -0.15) is 15.0 Å². The number of ether oxygens (including phenoxy) is 2. The maximum atomic E-state index is 5.36. The Bertz CT molecular complexity index is 997. The molecule has 7 heteroatoms. The predicted molar refractivity (Wildman–Crippen MR) is 115 cm³/mol. The van der Waals surface area contributed by atoms with Gasteiger partial charge in [-0.15, -0.1) is 0 Å². The van der Waals surface area contributed by atoms with Gasteiger partial charge in [0.2, 0.25) is 11.9 Å². The zero-order chi connectivity index (χ0) is 21.0. The fourth-order valence-electron chi connectivity index (χ4n) is 3.28. The molecule has 1 heterocycles. The average Bonchev–Trinajstić information content (AvgIpc) is 2.68. The highest BCUT2D eigenvalue weighted by molar-refractivity contribution is 5.64. The molecule has 2 N–H and O–H groups in total. The summed E-state index contributed by atoms with van der Waals surface area (Å²) in [5, 5.41) is 6.60. The largest absolute Gasteiger partial charge is 0.493 e. The Labute approximate surface area is 171 Å². The molecule has 0 bridgehead atoms. The van der Waals surface area contributed by atoms with Crippen LogP contribution in [0.4, 0.5) is 17.6 Å². The van der Waals surface area contributed by atoms with Crippen molar-refractivity contribution in [3.05, 3.63) is 58.4 Å². The summed E-state index contributed by atoms with van der Waals surface area (Å²) in [7, 11) is 3.24. The van der Waals surface area contributed by atoms with Gasteiger partial charge in [0.25, 0.3) is 0 Å². The first-order valence-electron chi connectivity index (χ1n) is 9.42. The zero-order valence-corrected chi connectivity index (χ0v) is 17.8. The molecule has 2 aromatic carbocycles. The van der Waals surface area contributed by atoms with Crippen molar-refractivity contribution in [2.24, 2.45) is 0 Å². The molecule has 1 aromatic heterocycles. The van der Waals surface area contributed by atoms with Crippen LogP contribution in [0, 0.1) is 27.7 Å². The van der Waals surface area contributed by atoms with Crippen LogP contribution in [0.15, 0.2) is 30.3 Å². The van der Waals surface area contributed by atoms with E-state index in [0.717, 1.165) is 22.4 Å². The molecule has 7 nitrogen and oxygen atoms in total. The minimum absolute atomic E-state index is 0.511. The van der Waals surface area contributed by atoms with E-state index in [9.17, 15) is 0 Å². The van der Waals surface area contributed by atoms with Gasteiger partial charge in [-0.05, 0) is 56.5 Å². The van der Waals surface area contributed by atoms with E-state index < -0.39 is 0 Å². The Morgan fingerprint density at radius 1 is 0.793 bits per heavy atom. The molecule has 3 rings (SSSR count). The van der Waals surface area contributed by atoms with E-state index in [1.807, 2.05) is 25.1 Å². The summed E-state index contributed by atoms with van der Waals surface area (Å²) in [6, 6.07) is 10.1. The molecule has 0 fully saturated rings. The van der Waals surface area contributed by atoms with Crippen LogP contribution < -0.4 is 20.1 Å². The van der Waals surface area contributed by atoms with Gasteiger partial charge in [0.05, 0.1) is 14.2 Å². The first-order chi connectivity index (χ1) is 13.9.